The van der Waals surface area contributed by atoms with Crippen LogP contribution in [0.1, 0.15) is 30.9 Å². The Hall–Kier alpha value is -0.0900. The van der Waals surface area contributed by atoms with Crippen molar-refractivity contribution < 1.29 is 0 Å². The van der Waals surface area contributed by atoms with Gasteiger partial charge >= 0.3 is 0 Å². The van der Waals surface area contributed by atoms with Crippen LogP contribution >= 0.6 is 27.5 Å². The van der Waals surface area contributed by atoms with E-state index in [2.05, 4.69) is 26.9 Å². The van der Waals surface area contributed by atoms with Crippen molar-refractivity contribution in [3.63, 3.8) is 0 Å². The van der Waals surface area contributed by atoms with Crippen molar-refractivity contribution in [3.8, 4) is 0 Å². The molecular formula is C13H18BrClN2. The third kappa shape index (κ3) is 3.22. The van der Waals surface area contributed by atoms with E-state index in [1.165, 1.54) is 19.3 Å². The van der Waals surface area contributed by atoms with Gasteiger partial charge in [0.05, 0.1) is 0 Å². The Balaban J connectivity index is 2.24. The molecule has 1 aliphatic heterocycles. The highest BCUT2D eigenvalue weighted by molar-refractivity contribution is 9.10. The molecule has 0 bridgehead atoms. The average molecular weight is 318 g/mol. The van der Waals surface area contributed by atoms with Crippen LogP contribution in [0.5, 0.6) is 0 Å². The first kappa shape index (κ1) is 13.3. The van der Waals surface area contributed by atoms with Gasteiger partial charge in [0.15, 0.2) is 0 Å². The van der Waals surface area contributed by atoms with Crippen molar-refractivity contribution >= 4 is 27.5 Å². The molecule has 0 aliphatic carbocycles. The molecule has 1 aromatic rings. The van der Waals surface area contributed by atoms with E-state index in [-0.39, 0.29) is 6.04 Å². The highest BCUT2D eigenvalue weighted by atomic mass is 79.9. The van der Waals surface area contributed by atoms with Crippen LogP contribution in [0.25, 0.3) is 0 Å². The van der Waals surface area contributed by atoms with Gasteiger partial charge < -0.3 is 5.73 Å². The maximum atomic E-state index is 6.29. The molecule has 1 aromatic carbocycles. The van der Waals surface area contributed by atoms with Gasteiger partial charge in [-0.15, -0.1) is 0 Å². The van der Waals surface area contributed by atoms with E-state index in [9.17, 15) is 0 Å². The summed E-state index contributed by atoms with van der Waals surface area (Å²) in [4.78, 5) is 2.46. The molecule has 0 aromatic heterocycles. The maximum Gasteiger partial charge on any atom is 0.0485 e. The van der Waals surface area contributed by atoms with E-state index >= 15 is 0 Å². The number of hydrogen-bond donors (Lipinski definition) is 1. The van der Waals surface area contributed by atoms with Crippen LogP contribution < -0.4 is 5.73 Å². The smallest absolute Gasteiger partial charge is 0.0485 e. The first-order valence-corrected chi connectivity index (χ1v) is 7.28. The Morgan fingerprint density at radius 1 is 1.29 bits per heavy atom. The summed E-state index contributed by atoms with van der Waals surface area (Å²) in [5.74, 6) is 0. The molecule has 1 saturated heterocycles. The van der Waals surface area contributed by atoms with E-state index < -0.39 is 0 Å². The molecule has 2 rings (SSSR count). The number of likely N-dealkylation sites (tertiary alicyclic amines) is 1. The van der Waals surface area contributed by atoms with Crippen molar-refractivity contribution in [2.45, 2.75) is 25.3 Å². The highest BCUT2D eigenvalue weighted by Gasteiger charge is 2.22. The van der Waals surface area contributed by atoms with Crippen molar-refractivity contribution in [2.75, 3.05) is 19.6 Å². The monoisotopic (exact) mass is 316 g/mol. The van der Waals surface area contributed by atoms with E-state index in [0.29, 0.717) is 6.54 Å². The lowest BCUT2D eigenvalue weighted by Crippen LogP contribution is -2.37. The molecule has 4 heteroatoms. The third-order valence-corrected chi connectivity index (χ3v) is 4.21. The fraction of sp³-hybridized carbons (Fsp3) is 0.538. The second kappa shape index (κ2) is 6.19. The van der Waals surface area contributed by atoms with E-state index in [1.54, 1.807) is 0 Å². The van der Waals surface area contributed by atoms with Crippen molar-refractivity contribution in [1.29, 1.82) is 0 Å². The summed E-state index contributed by atoms with van der Waals surface area (Å²) in [7, 11) is 0. The van der Waals surface area contributed by atoms with Crippen molar-refractivity contribution in [3.05, 3.63) is 33.3 Å². The van der Waals surface area contributed by atoms with E-state index in [4.69, 9.17) is 17.3 Å². The predicted octanol–water partition coefficient (Wildman–Crippen LogP) is 3.59. The maximum absolute atomic E-state index is 6.29. The number of nitrogens with zero attached hydrogens (tertiary/aromatic N) is 1. The number of rotatable bonds is 3. The van der Waals surface area contributed by atoms with Gasteiger partial charge in [-0.3, -0.25) is 4.90 Å². The van der Waals surface area contributed by atoms with Gasteiger partial charge in [-0.25, -0.2) is 0 Å². The first-order valence-electron chi connectivity index (χ1n) is 6.11. The number of nitrogens with two attached hydrogens (primary N) is 1. The van der Waals surface area contributed by atoms with Crippen LogP contribution in [-0.4, -0.2) is 24.5 Å². The molecule has 17 heavy (non-hydrogen) atoms. The van der Waals surface area contributed by atoms with Gasteiger partial charge in [0.25, 0.3) is 0 Å². The lowest BCUT2D eigenvalue weighted by atomic mass is 10.0. The largest absolute Gasteiger partial charge is 0.329 e. The molecule has 1 atom stereocenters. The van der Waals surface area contributed by atoms with Crippen molar-refractivity contribution in [2.24, 2.45) is 5.73 Å². The second-order valence-corrected chi connectivity index (χ2v) is 5.84. The van der Waals surface area contributed by atoms with Gasteiger partial charge in [0.1, 0.15) is 0 Å². The van der Waals surface area contributed by atoms with Gasteiger partial charge in [0, 0.05) is 22.1 Å². The Morgan fingerprint density at radius 3 is 2.65 bits per heavy atom. The number of halogens is 2. The standard InChI is InChI=1S/C13H18BrClN2/c14-10-4-5-12(15)11(8-10)13(9-16)17-6-2-1-3-7-17/h4-5,8,13H,1-3,6-7,9,16H2. The third-order valence-electron chi connectivity index (χ3n) is 3.37. The van der Waals surface area contributed by atoms with Gasteiger partial charge in [0.2, 0.25) is 0 Å². The molecule has 1 fully saturated rings. The van der Waals surface area contributed by atoms with Crippen LogP contribution in [-0.2, 0) is 0 Å². The van der Waals surface area contributed by atoms with Crippen LogP contribution in [0.4, 0.5) is 0 Å². The molecule has 0 saturated carbocycles. The Labute approximate surface area is 116 Å². The number of benzene rings is 1. The molecule has 1 aliphatic rings. The average Bonchev–Trinajstić information content (AvgIpc) is 2.36. The summed E-state index contributed by atoms with van der Waals surface area (Å²) >= 11 is 9.79. The molecule has 0 spiro atoms. The summed E-state index contributed by atoms with van der Waals surface area (Å²) < 4.78 is 1.06. The molecular weight excluding hydrogens is 300 g/mol. The zero-order chi connectivity index (χ0) is 12.3. The molecule has 2 nitrogen and oxygen atoms in total. The van der Waals surface area contributed by atoms with Gasteiger partial charge in [-0.2, -0.15) is 0 Å². The first-order chi connectivity index (χ1) is 8.22. The highest BCUT2D eigenvalue weighted by Crippen LogP contribution is 2.31. The molecule has 1 heterocycles. The molecule has 2 N–H and O–H groups in total. The number of piperidine rings is 1. The summed E-state index contributed by atoms with van der Waals surface area (Å²) in [5.41, 5.74) is 7.08. The molecule has 0 amide bonds. The summed E-state index contributed by atoms with van der Waals surface area (Å²) in [6.07, 6.45) is 3.87. The fourth-order valence-corrected chi connectivity index (χ4v) is 3.10. The Morgan fingerprint density at radius 2 is 2.00 bits per heavy atom. The molecule has 0 radical (unpaired) electrons. The minimum absolute atomic E-state index is 0.250. The van der Waals surface area contributed by atoms with Gasteiger partial charge in [-0.05, 0) is 49.7 Å². The lowest BCUT2D eigenvalue weighted by molar-refractivity contribution is 0.167. The predicted molar refractivity (Wildman–Crippen MR) is 76.4 cm³/mol. The molecule has 94 valence electrons. The minimum Gasteiger partial charge on any atom is -0.329 e. The van der Waals surface area contributed by atoms with E-state index in [1.807, 2.05) is 12.1 Å². The van der Waals surface area contributed by atoms with Crippen LogP contribution in [0.2, 0.25) is 5.02 Å². The SMILES string of the molecule is NCC(c1cc(Br)ccc1Cl)N1CCCCC1. The fourth-order valence-electron chi connectivity index (χ4n) is 2.47. The number of hydrogen-bond acceptors (Lipinski definition) is 2. The summed E-state index contributed by atoms with van der Waals surface area (Å²) in [6.45, 7) is 2.88. The molecule has 1 unspecified atom stereocenters. The van der Waals surface area contributed by atoms with E-state index in [0.717, 1.165) is 28.1 Å². The topological polar surface area (TPSA) is 29.3 Å². The summed E-state index contributed by atoms with van der Waals surface area (Å²) in [6, 6.07) is 6.25. The zero-order valence-corrected chi connectivity index (χ0v) is 12.2. The van der Waals surface area contributed by atoms with Crippen LogP contribution in [0, 0.1) is 0 Å². The van der Waals surface area contributed by atoms with Gasteiger partial charge in [-0.1, -0.05) is 34.0 Å². The zero-order valence-electron chi connectivity index (χ0n) is 9.83. The second-order valence-electron chi connectivity index (χ2n) is 4.51. The Bertz CT molecular complexity index is 378. The lowest BCUT2D eigenvalue weighted by Gasteiger charge is -2.34. The van der Waals surface area contributed by atoms with Crippen LogP contribution in [0.15, 0.2) is 22.7 Å². The van der Waals surface area contributed by atoms with Crippen molar-refractivity contribution in [1.82, 2.24) is 4.90 Å². The Kier molecular flexibility index (Phi) is 4.86. The summed E-state index contributed by atoms with van der Waals surface area (Å²) in [5, 5.41) is 0.814. The minimum atomic E-state index is 0.250. The quantitative estimate of drug-likeness (QED) is 0.923. The normalized spacial score (nSPS) is 19.2. The van der Waals surface area contributed by atoms with Crippen LogP contribution in [0.3, 0.4) is 0 Å².